The third kappa shape index (κ3) is 1.05. The summed E-state index contributed by atoms with van der Waals surface area (Å²) in [5.41, 5.74) is 7.67. The average Bonchev–Trinajstić information content (AvgIpc) is 2.83. The van der Waals surface area contributed by atoms with Gasteiger partial charge in [0.1, 0.15) is 5.82 Å². The van der Waals surface area contributed by atoms with Crippen LogP contribution in [0.25, 0.3) is 0 Å². The van der Waals surface area contributed by atoms with Crippen LogP contribution in [0.5, 0.6) is 0 Å². The summed E-state index contributed by atoms with van der Waals surface area (Å²) in [6, 6.07) is 0. The predicted molar refractivity (Wildman–Crippen MR) is 55.1 cm³/mol. The minimum absolute atomic E-state index is 0.0932. The van der Waals surface area contributed by atoms with Gasteiger partial charge in [0.15, 0.2) is 0 Å². The molecule has 3 rings (SSSR count). The zero-order chi connectivity index (χ0) is 9.76. The van der Waals surface area contributed by atoms with Crippen LogP contribution in [0.1, 0.15) is 43.1 Å². The van der Waals surface area contributed by atoms with Crippen molar-refractivity contribution in [3.05, 3.63) is 17.7 Å². The molecule has 1 aliphatic carbocycles. The van der Waals surface area contributed by atoms with Crippen LogP contribution < -0.4 is 5.73 Å². The molecule has 0 bridgehead atoms. The molecule has 14 heavy (non-hydrogen) atoms. The summed E-state index contributed by atoms with van der Waals surface area (Å²) >= 11 is 0. The zero-order valence-corrected chi connectivity index (χ0v) is 8.66. The number of hydrogen-bond acceptors (Lipinski definition) is 2. The molecule has 1 aromatic rings. The Kier molecular flexibility index (Phi) is 1.57. The van der Waals surface area contributed by atoms with E-state index in [-0.39, 0.29) is 5.54 Å². The Hall–Kier alpha value is -0.830. The Bertz CT molecular complexity index is 363. The molecule has 1 aromatic heterocycles. The molecule has 2 N–H and O–H groups in total. The average molecular weight is 191 g/mol. The largest absolute Gasteiger partial charge is 0.332 e. The second-order valence-electron chi connectivity index (χ2n) is 4.84. The summed E-state index contributed by atoms with van der Waals surface area (Å²) in [6.45, 7) is 3.27. The van der Waals surface area contributed by atoms with Crippen LogP contribution in [0.2, 0.25) is 0 Å². The van der Waals surface area contributed by atoms with Crippen molar-refractivity contribution in [1.82, 2.24) is 9.55 Å². The number of hydrogen-bond donors (Lipinski definition) is 1. The fourth-order valence-electron chi connectivity index (χ4n) is 2.67. The summed E-state index contributed by atoms with van der Waals surface area (Å²) in [4.78, 5) is 4.53. The highest BCUT2D eigenvalue weighted by molar-refractivity contribution is 5.21. The number of nitrogens with zero attached hydrogens (tertiary/aromatic N) is 2. The lowest BCUT2D eigenvalue weighted by Crippen LogP contribution is -2.35. The van der Waals surface area contributed by atoms with Crippen molar-refractivity contribution in [3.8, 4) is 0 Å². The molecule has 2 aliphatic rings. The summed E-state index contributed by atoms with van der Waals surface area (Å²) < 4.78 is 2.35. The van der Waals surface area contributed by atoms with Gasteiger partial charge in [-0.05, 0) is 32.6 Å². The van der Waals surface area contributed by atoms with Crippen molar-refractivity contribution in [3.63, 3.8) is 0 Å². The molecule has 0 radical (unpaired) electrons. The highest BCUT2D eigenvalue weighted by atomic mass is 15.1. The Morgan fingerprint density at radius 1 is 1.57 bits per heavy atom. The molecule has 1 fully saturated rings. The van der Waals surface area contributed by atoms with Crippen LogP contribution in [0, 0.1) is 6.92 Å². The maximum Gasteiger partial charge on any atom is 0.113 e. The molecule has 0 spiro atoms. The molecule has 76 valence electrons. The van der Waals surface area contributed by atoms with Gasteiger partial charge in [-0.2, -0.15) is 0 Å². The maximum absolute atomic E-state index is 6.29. The van der Waals surface area contributed by atoms with Gasteiger partial charge >= 0.3 is 0 Å². The van der Waals surface area contributed by atoms with Gasteiger partial charge in [0.2, 0.25) is 0 Å². The molecule has 1 saturated carbocycles. The van der Waals surface area contributed by atoms with Gasteiger partial charge < -0.3 is 10.3 Å². The highest BCUT2D eigenvalue weighted by Crippen LogP contribution is 2.48. The number of fused-ring (bicyclic) bond motifs is 1. The van der Waals surface area contributed by atoms with E-state index in [1.807, 2.05) is 6.20 Å². The van der Waals surface area contributed by atoms with E-state index >= 15 is 0 Å². The standard InChI is InChI=1S/C11H17N3/c1-8-7-13-10-9(11(12)4-5-11)3-2-6-14(8)10/h7,9H,2-6,12H2,1H3. The van der Waals surface area contributed by atoms with Gasteiger partial charge in [-0.25, -0.2) is 4.98 Å². The van der Waals surface area contributed by atoms with E-state index in [1.54, 1.807) is 0 Å². The number of rotatable bonds is 1. The number of imidazole rings is 1. The van der Waals surface area contributed by atoms with E-state index in [2.05, 4.69) is 16.5 Å². The summed E-state index contributed by atoms with van der Waals surface area (Å²) in [7, 11) is 0. The number of nitrogens with two attached hydrogens (primary N) is 1. The van der Waals surface area contributed by atoms with Crippen molar-refractivity contribution >= 4 is 0 Å². The summed E-state index contributed by atoms with van der Waals surface area (Å²) in [5.74, 6) is 1.76. The lowest BCUT2D eigenvalue weighted by Gasteiger charge is -2.28. The molecule has 0 amide bonds. The highest BCUT2D eigenvalue weighted by Gasteiger charge is 2.48. The molecule has 1 unspecified atom stereocenters. The van der Waals surface area contributed by atoms with E-state index in [0.29, 0.717) is 5.92 Å². The number of aromatic nitrogens is 2. The zero-order valence-electron chi connectivity index (χ0n) is 8.66. The van der Waals surface area contributed by atoms with Crippen LogP contribution in [-0.4, -0.2) is 15.1 Å². The predicted octanol–water partition coefficient (Wildman–Crippen LogP) is 1.56. The second kappa shape index (κ2) is 2.60. The molecule has 2 heterocycles. The SMILES string of the molecule is Cc1cnc2n1CCCC2C1(N)CC1. The minimum atomic E-state index is 0.0932. The first kappa shape index (κ1) is 8.48. The lowest BCUT2D eigenvalue weighted by atomic mass is 9.89. The van der Waals surface area contributed by atoms with Gasteiger partial charge in [0.05, 0.1) is 0 Å². The van der Waals surface area contributed by atoms with Crippen LogP contribution in [0.15, 0.2) is 6.20 Å². The van der Waals surface area contributed by atoms with Gasteiger partial charge in [-0.3, -0.25) is 0 Å². The third-order valence-electron chi connectivity index (χ3n) is 3.79. The van der Waals surface area contributed by atoms with Crippen molar-refractivity contribution in [2.24, 2.45) is 5.73 Å². The fraction of sp³-hybridized carbons (Fsp3) is 0.727. The van der Waals surface area contributed by atoms with E-state index in [1.165, 1.54) is 37.2 Å². The van der Waals surface area contributed by atoms with E-state index < -0.39 is 0 Å². The Labute approximate surface area is 84.3 Å². The smallest absolute Gasteiger partial charge is 0.113 e. The molecular weight excluding hydrogens is 174 g/mol. The molecule has 0 aromatic carbocycles. The first-order chi connectivity index (χ1) is 6.71. The van der Waals surface area contributed by atoms with Crippen molar-refractivity contribution in [1.29, 1.82) is 0 Å². The van der Waals surface area contributed by atoms with Crippen molar-refractivity contribution in [2.75, 3.05) is 0 Å². The summed E-state index contributed by atoms with van der Waals surface area (Å²) in [5, 5.41) is 0. The minimum Gasteiger partial charge on any atom is -0.332 e. The van der Waals surface area contributed by atoms with Gasteiger partial charge in [0.25, 0.3) is 0 Å². The van der Waals surface area contributed by atoms with Gasteiger partial charge in [0, 0.05) is 29.9 Å². The summed E-state index contributed by atoms with van der Waals surface area (Å²) in [6.07, 6.45) is 6.84. The van der Waals surface area contributed by atoms with Crippen LogP contribution in [0.3, 0.4) is 0 Å². The van der Waals surface area contributed by atoms with Crippen LogP contribution in [-0.2, 0) is 6.54 Å². The first-order valence-electron chi connectivity index (χ1n) is 5.52. The number of aryl methyl sites for hydroxylation is 1. The Morgan fingerprint density at radius 2 is 2.36 bits per heavy atom. The van der Waals surface area contributed by atoms with Crippen LogP contribution in [0.4, 0.5) is 0 Å². The second-order valence-corrected chi connectivity index (χ2v) is 4.84. The van der Waals surface area contributed by atoms with E-state index in [9.17, 15) is 0 Å². The molecular formula is C11H17N3. The Morgan fingerprint density at radius 3 is 3.07 bits per heavy atom. The Balaban J connectivity index is 2.03. The van der Waals surface area contributed by atoms with E-state index in [4.69, 9.17) is 5.73 Å². The van der Waals surface area contributed by atoms with Crippen molar-refractivity contribution in [2.45, 2.75) is 50.6 Å². The lowest BCUT2D eigenvalue weighted by molar-refractivity contribution is 0.376. The van der Waals surface area contributed by atoms with Gasteiger partial charge in [-0.1, -0.05) is 0 Å². The van der Waals surface area contributed by atoms with Gasteiger partial charge in [-0.15, -0.1) is 0 Å². The van der Waals surface area contributed by atoms with Crippen molar-refractivity contribution < 1.29 is 0 Å². The molecule has 1 atom stereocenters. The molecule has 3 heteroatoms. The molecule has 1 aliphatic heterocycles. The molecule has 3 nitrogen and oxygen atoms in total. The fourth-order valence-corrected chi connectivity index (χ4v) is 2.67. The normalized spacial score (nSPS) is 28.6. The van der Waals surface area contributed by atoms with Crippen LogP contribution >= 0.6 is 0 Å². The topological polar surface area (TPSA) is 43.8 Å². The quantitative estimate of drug-likeness (QED) is 0.732. The maximum atomic E-state index is 6.29. The third-order valence-corrected chi connectivity index (χ3v) is 3.79. The van der Waals surface area contributed by atoms with E-state index in [0.717, 1.165) is 6.54 Å². The first-order valence-corrected chi connectivity index (χ1v) is 5.52. The monoisotopic (exact) mass is 191 g/mol. The molecule has 0 saturated heterocycles.